The zero-order valence-electron chi connectivity index (χ0n) is 17.3. The van der Waals surface area contributed by atoms with Crippen LogP contribution in [0.4, 0.5) is 10.8 Å². The van der Waals surface area contributed by atoms with Crippen molar-refractivity contribution in [3.8, 4) is 0 Å². The molecule has 1 heterocycles. The summed E-state index contributed by atoms with van der Waals surface area (Å²) in [5.74, 6) is -0.834. The van der Waals surface area contributed by atoms with Crippen LogP contribution in [0.2, 0.25) is 0 Å². The molecule has 0 radical (unpaired) electrons. The molecule has 1 amide bonds. The summed E-state index contributed by atoms with van der Waals surface area (Å²) in [5, 5.41) is 10.7. The molecule has 0 unspecified atom stereocenters. The van der Waals surface area contributed by atoms with E-state index in [4.69, 9.17) is 0 Å². The van der Waals surface area contributed by atoms with Crippen LogP contribution >= 0.6 is 23.1 Å². The van der Waals surface area contributed by atoms with Crippen LogP contribution in [0.3, 0.4) is 0 Å². The lowest BCUT2D eigenvalue weighted by atomic mass is 10.1. The van der Waals surface area contributed by atoms with E-state index in [2.05, 4.69) is 20.3 Å². The number of esters is 1. The van der Waals surface area contributed by atoms with Gasteiger partial charge in [0.1, 0.15) is 6.04 Å². The zero-order chi connectivity index (χ0) is 22.5. The Morgan fingerprint density at radius 1 is 1.30 bits per heavy atom. The summed E-state index contributed by atoms with van der Waals surface area (Å²) < 4.78 is 31.4. The van der Waals surface area contributed by atoms with Crippen LogP contribution in [0.25, 0.3) is 0 Å². The van der Waals surface area contributed by atoms with Crippen LogP contribution in [0.15, 0.2) is 22.5 Å². The van der Waals surface area contributed by atoms with E-state index in [0.29, 0.717) is 10.0 Å². The first kappa shape index (κ1) is 24.1. The van der Waals surface area contributed by atoms with E-state index in [0.717, 1.165) is 44.8 Å². The predicted molar refractivity (Wildman–Crippen MR) is 119 cm³/mol. The van der Waals surface area contributed by atoms with Crippen LogP contribution < -0.4 is 9.62 Å². The normalized spacial score (nSPS) is 12.3. The van der Waals surface area contributed by atoms with Crippen LogP contribution in [0.5, 0.6) is 0 Å². The van der Waals surface area contributed by atoms with Crippen molar-refractivity contribution in [1.29, 1.82) is 0 Å². The van der Waals surface area contributed by atoms with Gasteiger partial charge < -0.3 is 4.74 Å². The van der Waals surface area contributed by atoms with Crippen LogP contribution in [-0.4, -0.2) is 55.7 Å². The average Bonchev–Trinajstić information content (AvgIpc) is 3.12. The largest absolute Gasteiger partial charge is 0.468 e. The third-order valence-corrected chi connectivity index (χ3v) is 7.22. The molecule has 0 saturated heterocycles. The number of hydrogen-bond acceptors (Lipinski definition) is 9. The number of methoxy groups -OCH3 is 1. The molecule has 0 bridgehead atoms. The smallest absolute Gasteiger partial charge is 0.316 e. The topological polar surface area (TPSA) is 119 Å². The Kier molecular flexibility index (Phi) is 8.21. The van der Waals surface area contributed by atoms with Crippen molar-refractivity contribution in [1.82, 2.24) is 10.2 Å². The summed E-state index contributed by atoms with van der Waals surface area (Å²) in [6.45, 7) is 5.40. The fraction of sp³-hybridized carbons (Fsp3) is 0.444. The van der Waals surface area contributed by atoms with Crippen molar-refractivity contribution >= 4 is 55.8 Å². The standard InChI is InChI=1S/C18H24N4O5S3/c1-6-13(22(30(5,25)26)14-9-11(2)7-8-12(14)3)16(24)19-17-20-21-18(29-17)28-10-15(23)27-4/h7-9,13H,6,10H2,1-5H3,(H,19,20,24)/t13-/m1/s1. The molecule has 1 N–H and O–H groups in total. The number of hydrogen-bond donors (Lipinski definition) is 1. The monoisotopic (exact) mass is 472 g/mol. The molecular weight excluding hydrogens is 448 g/mol. The number of nitrogens with one attached hydrogen (secondary N) is 1. The summed E-state index contributed by atoms with van der Waals surface area (Å²) >= 11 is 2.23. The van der Waals surface area contributed by atoms with Gasteiger partial charge >= 0.3 is 5.97 Å². The maximum absolute atomic E-state index is 13.0. The second-order valence-corrected chi connectivity index (χ2v) is 10.6. The third kappa shape index (κ3) is 6.16. The molecule has 12 heteroatoms. The Morgan fingerprint density at radius 3 is 2.60 bits per heavy atom. The van der Waals surface area contributed by atoms with Gasteiger partial charge in [-0.3, -0.25) is 19.2 Å². The van der Waals surface area contributed by atoms with E-state index in [1.165, 1.54) is 7.11 Å². The minimum absolute atomic E-state index is 0.0746. The highest BCUT2D eigenvalue weighted by atomic mass is 32.2. The maximum atomic E-state index is 13.0. The SMILES string of the molecule is CC[C@H](C(=O)Nc1nnc(SCC(=O)OC)s1)N(c1cc(C)ccc1C)S(C)(=O)=O. The average molecular weight is 473 g/mol. The van der Waals surface area contributed by atoms with Gasteiger partial charge in [-0.15, -0.1) is 10.2 Å². The molecule has 9 nitrogen and oxygen atoms in total. The van der Waals surface area contributed by atoms with Crippen molar-refractivity contribution < 1.29 is 22.7 Å². The minimum atomic E-state index is -3.74. The van der Waals surface area contributed by atoms with Crippen molar-refractivity contribution in [2.45, 2.75) is 37.6 Å². The number of benzene rings is 1. The molecule has 0 saturated carbocycles. The van der Waals surface area contributed by atoms with Gasteiger partial charge in [-0.2, -0.15) is 0 Å². The highest BCUT2D eigenvalue weighted by Crippen LogP contribution is 2.29. The van der Waals surface area contributed by atoms with E-state index in [-0.39, 0.29) is 17.3 Å². The molecule has 1 atom stereocenters. The van der Waals surface area contributed by atoms with Gasteiger partial charge in [0.15, 0.2) is 4.34 Å². The number of amides is 1. The summed E-state index contributed by atoms with van der Waals surface area (Å²) in [6.07, 6.45) is 1.34. The molecule has 0 fully saturated rings. The summed E-state index contributed by atoms with van der Waals surface area (Å²) in [6, 6.07) is 4.49. The molecule has 1 aromatic carbocycles. The van der Waals surface area contributed by atoms with E-state index in [1.807, 2.05) is 19.1 Å². The number of thioether (sulfide) groups is 1. The maximum Gasteiger partial charge on any atom is 0.316 e. The highest BCUT2D eigenvalue weighted by Gasteiger charge is 2.33. The molecule has 1 aromatic heterocycles. The van der Waals surface area contributed by atoms with E-state index in [1.54, 1.807) is 19.9 Å². The second kappa shape index (κ2) is 10.2. The second-order valence-electron chi connectivity index (χ2n) is 6.50. The number of ether oxygens (including phenoxy) is 1. The fourth-order valence-corrected chi connectivity index (χ4v) is 5.53. The highest BCUT2D eigenvalue weighted by molar-refractivity contribution is 8.01. The Hall–Kier alpha value is -2.18. The van der Waals surface area contributed by atoms with Gasteiger partial charge in [-0.05, 0) is 37.5 Å². The first-order valence-electron chi connectivity index (χ1n) is 8.97. The lowest BCUT2D eigenvalue weighted by molar-refractivity contribution is -0.137. The number of sulfonamides is 1. The summed E-state index contributed by atoms with van der Waals surface area (Å²) in [7, 11) is -2.44. The number of rotatable bonds is 9. The van der Waals surface area contributed by atoms with Gasteiger partial charge in [-0.1, -0.05) is 42.2 Å². The first-order valence-corrected chi connectivity index (χ1v) is 12.6. The summed E-state index contributed by atoms with van der Waals surface area (Å²) in [5.41, 5.74) is 2.09. The predicted octanol–water partition coefficient (Wildman–Crippen LogP) is 2.60. The van der Waals surface area contributed by atoms with Crippen molar-refractivity contribution in [3.05, 3.63) is 29.3 Å². The van der Waals surface area contributed by atoms with Gasteiger partial charge in [-0.25, -0.2) is 8.42 Å². The molecule has 2 aromatic rings. The van der Waals surface area contributed by atoms with Crippen LogP contribution in [0, 0.1) is 13.8 Å². The van der Waals surface area contributed by atoms with Crippen LogP contribution in [0.1, 0.15) is 24.5 Å². The number of carbonyl (C=O) groups is 2. The molecular formula is C18H24N4O5S3. The van der Waals surface area contributed by atoms with Gasteiger partial charge in [0.25, 0.3) is 0 Å². The molecule has 2 rings (SSSR count). The lowest BCUT2D eigenvalue weighted by Crippen LogP contribution is -2.47. The molecule has 0 aliphatic rings. The van der Waals surface area contributed by atoms with Crippen molar-refractivity contribution in [2.24, 2.45) is 0 Å². The quantitative estimate of drug-likeness (QED) is 0.336. The number of anilines is 2. The van der Waals surface area contributed by atoms with Crippen molar-refractivity contribution in [3.63, 3.8) is 0 Å². The first-order chi connectivity index (χ1) is 14.1. The number of aromatic nitrogens is 2. The lowest BCUT2D eigenvalue weighted by Gasteiger charge is -2.31. The minimum Gasteiger partial charge on any atom is -0.468 e. The molecule has 0 aliphatic heterocycles. The van der Waals surface area contributed by atoms with E-state index in [9.17, 15) is 18.0 Å². The molecule has 164 valence electrons. The number of nitrogens with zero attached hydrogens (tertiary/aromatic N) is 3. The van der Waals surface area contributed by atoms with Gasteiger partial charge in [0.05, 0.1) is 24.8 Å². The molecule has 30 heavy (non-hydrogen) atoms. The fourth-order valence-electron chi connectivity index (χ4n) is 2.68. The van der Waals surface area contributed by atoms with E-state index >= 15 is 0 Å². The Balaban J connectivity index is 2.26. The molecule has 0 spiro atoms. The van der Waals surface area contributed by atoms with Crippen LogP contribution in [-0.2, 0) is 24.3 Å². The van der Waals surface area contributed by atoms with Crippen molar-refractivity contribution in [2.75, 3.05) is 28.7 Å². The van der Waals surface area contributed by atoms with Gasteiger partial charge in [0.2, 0.25) is 21.1 Å². The third-order valence-electron chi connectivity index (χ3n) is 4.11. The van der Waals surface area contributed by atoms with E-state index < -0.39 is 27.9 Å². The van der Waals surface area contributed by atoms with Gasteiger partial charge in [0, 0.05) is 0 Å². The number of carbonyl (C=O) groups excluding carboxylic acids is 2. The number of aryl methyl sites for hydroxylation is 2. The Labute approximate surface area is 184 Å². The zero-order valence-corrected chi connectivity index (χ0v) is 19.8. The molecule has 0 aliphatic carbocycles. The summed E-state index contributed by atoms with van der Waals surface area (Å²) in [4.78, 5) is 24.2. The Bertz CT molecular complexity index is 1020. The Morgan fingerprint density at radius 2 is 2.00 bits per heavy atom.